The Hall–Kier alpha value is -3.19. The van der Waals surface area contributed by atoms with E-state index < -0.39 is 15.9 Å². The third-order valence-corrected chi connectivity index (χ3v) is 6.24. The summed E-state index contributed by atoms with van der Waals surface area (Å²) in [6.45, 7) is 1.77. The van der Waals surface area contributed by atoms with Gasteiger partial charge in [-0.3, -0.25) is 4.79 Å². The van der Waals surface area contributed by atoms with Gasteiger partial charge in [-0.25, -0.2) is 13.4 Å². The van der Waals surface area contributed by atoms with Crippen molar-refractivity contribution >= 4 is 15.7 Å². The molecule has 2 aromatic carbocycles. The van der Waals surface area contributed by atoms with Crippen LogP contribution in [0.1, 0.15) is 28.2 Å². The molecule has 1 amide bonds. The van der Waals surface area contributed by atoms with E-state index in [2.05, 4.69) is 10.3 Å². The molecular formula is C23H25N3O3S. The van der Waals surface area contributed by atoms with E-state index >= 15 is 0 Å². The number of aryl methyl sites for hydroxylation is 3. The maximum atomic E-state index is 12.8. The monoisotopic (exact) mass is 423 g/mol. The number of hydrogen-bond acceptors (Lipinski definition) is 4. The highest BCUT2D eigenvalue weighted by atomic mass is 32.2. The Morgan fingerprint density at radius 2 is 1.73 bits per heavy atom. The SMILES string of the molecule is Cc1ncn(C)c1C(=O)N[C@H](/C=C/S(=O)(=O)c1ccccc1)CCc1ccccc1. The van der Waals surface area contributed by atoms with E-state index in [1.807, 2.05) is 30.3 Å². The minimum absolute atomic E-state index is 0.219. The summed E-state index contributed by atoms with van der Waals surface area (Å²) in [5.74, 6) is -0.285. The Balaban J connectivity index is 1.80. The van der Waals surface area contributed by atoms with Crippen molar-refractivity contribution in [3.05, 3.63) is 95.4 Å². The molecule has 3 aromatic rings. The predicted octanol–water partition coefficient (Wildman–Crippen LogP) is 3.45. The Morgan fingerprint density at radius 1 is 1.10 bits per heavy atom. The zero-order valence-electron chi connectivity index (χ0n) is 17.0. The lowest BCUT2D eigenvalue weighted by Crippen LogP contribution is -2.35. The lowest BCUT2D eigenvalue weighted by atomic mass is 10.1. The average molecular weight is 424 g/mol. The first-order valence-electron chi connectivity index (χ1n) is 9.68. The van der Waals surface area contributed by atoms with Crippen LogP contribution in [0.5, 0.6) is 0 Å². The van der Waals surface area contributed by atoms with Crippen LogP contribution in [0, 0.1) is 6.92 Å². The summed E-state index contributed by atoms with van der Waals surface area (Å²) in [6.07, 6.45) is 4.40. The molecule has 0 spiro atoms. The number of aromatic nitrogens is 2. The molecule has 0 aliphatic heterocycles. The lowest BCUT2D eigenvalue weighted by molar-refractivity contribution is 0.0934. The van der Waals surface area contributed by atoms with Crippen LogP contribution in [-0.2, 0) is 23.3 Å². The van der Waals surface area contributed by atoms with Gasteiger partial charge in [-0.1, -0.05) is 54.6 Å². The molecule has 6 nitrogen and oxygen atoms in total. The third kappa shape index (κ3) is 5.45. The summed E-state index contributed by atoms with van der Waals surface area (Å²) >= 11 is 0. The molecule has 0 bridgehead atoms. The largest absolute Gasteiger partial charge is 0.344 e. The molecule has 0 radical (unpaired) electrons. The van der Waals surface area contributed by atoms with Crippen LogP contribution in [0.15, 0.2) is 83.4 Å². The van der Waals surface area contributed by atoms with Crippen LogP contribution in [0.2, 0.25) is 0 Å². The van der Waals surface area contributed by atoms with Crippen molar-refractivity contribution in [3.63, 3.8) is 0 Å². The van der Waals surface area contributed by atoms with Crippen LogP contribution in [0.25, 0.3) is 0 Å². The van der Waals surface area contributed by atoms with Gasteiger partial charge in [0, 0.05) is 18.5 Å². The van der Waals surface area contributed by atoms with Crippen molar-refractivity contribution in [1.82, 2.24) is 14.9 Å². The van der Waals surface area contributed by atoms with Gasteiger partial charge in [0.25, 0.3) is 5.91 Å². The van der Waals surface area contributed by atoms with Crippen LogP contribution in [0.4, 0.5) is 0 Å². The van der Waals surface area contributed by atoms with Crippen molar-refractivity contribution in [2.75, 3.05) is 0 Å². The molecule has 0 fully saturated rings. The number of rotatable bonds is 8. The number of sulfone groups is 1. The predicted molar refractivity (Wildman–Crippen MR) is 117 cm³/mol. The fourth-order valence-corrected chi connectivity index (χ4v) is 4.27. The zero-order chi connectivity index (χ0) is 21.6. The summed E-state index contributed by atoms with van der Waals surface area (Å²) in [5, 5.41) is 4.12. The van der Waals surface area contributed by atoms with E-state index in [9.17, 15) is 13.2 Å². The first-order valence-corrected chi connectivity index (χ1v) is 11.2. The van der Waals surface area contributed by atoms with Crippen molar-refractivity contribution in [1.29, 1.82) is 0 Å². The fraction of sp³-hybridized carbons (Fsp3) is 0.217. The van der Waals surface area contributed by atoms with E-state index in [4.69, 9.17) is 0 Å². The molecule has 0 aliphatic carbocycles. The van der Waals surface area contributed by atoms with Crippen LogP contribution in [-0.4, -0.2) is 29.9 Å². The third-order valence-electron chi connectivity index (χ3n) is 4.80. The topological polar surface area (TPSA) is 81.1 Å². The normalized spacial score (nSPS) is 12.7. The maximum Gasteiger partial charge on any atom is 0.270 e. The standard InChI is InChI=1S/C23H25N3O3S/c1-18-22(26(2)17-24-18)23(27)25-20(14-13-19-9-5-3-6-10-19)15-16-30(28,29)21-11-7-4-8-12-21/h3-12,15-17,20H,13-14H2,1-2H3,(H,25,27)/b16-15+/t20-/m0/s1. The molecular weight excluding hydrogens is 398 g/mol. The number of hydrogen-bond donors (Lipinski definition) is 1. The van der Waals surface area contributed by atoms with Gasteiger partial charge in [-0.2, -0.15) is 0 Å². The van der Waals surface area contributed by atoms with Crippen LogP contribution < -0.4 is 5.32 Å². The number of amides is 1. The minimum atomic E-state index is -3.59. The molecule has 0 unspecified atom stereocenters. The Kier molecular flexibility index (Phi) is 6.84. The van der Waals surface area contributed by atoms with Crippen molar-refractivity contribution < 1.29 is 13.2 Å². The number of imidazole rings is 1. The van der Waals surface area contributed by atoms with E-state index in [-0.39, 0.29) is 10.8 Å². The summed E-state index contributed by atoms with van der Waals surface area (Å²) in [4.78, 5) is 17.2. The van der Waals surface area contributed by atoms with Crippen LogP contribution in [0.3, 0.4) is 0 Å². The van der Waals surface area contributed by atoms with E-state index in [1.165, 1.54) is 5.41 Å². The summed E-state index contributed by atoms with van der Waals surface area (Å²) < 4.78 is 26.9. The summed E-state index contributed by atoms with van der Waals surface area (Å²) in [5.41, 5.74) is 2.20. The second-order valence-corrected chi connectivity index (χ2v) is 8.91. The second-order valence-electron chi connectivity index (χ2n) is 7.08. The highest BCUT2D eigenvalue weighted by molar-refractivity contribution is 7.94. The molecule has 7 heteroatoms. The molecule has 30 heavy (non-hydrogen) atoms. The van der Waals surface area contributed by atoms with Crippen molar-refractivity contribution in [2.45, 2.75) is 30.7 Å². The minimum Gasteiger partial charge on any atom is -0.344 e. The highest BCUT2D eigenvalue weighted by Gasteiger charge is 2.18. The lowest BCUT2D eigenvalue weighted by Gasteiger charge is -2.16. The molecule has 156 valence electrons. The molecule has 1 N–H and O–H groups in total. The van der Waals surface area contributed by atoms with Gasteiger partial charge in [0.1, 0.15) is 5.69 Å². The van der Waals surface area contributed by atoms with Gasteiger partial charge in [-0.15, -0.1) is 0 Å². The van der Waals surface area contributed by atoms with E-state index in [0.29, 0.717) is 24.2 Å². The quantitative estimate of drug-likeness (QED) is 0.602. The smallest absolute Gasteiger partial charge is 0.270 e. The van der Waals surface area contributed by atoms with Gasteiger partial charge in [-0.05, 0) is 37.5 Å². The molecule has 0 saturated heterocycles. The first-order chi connectivity index (χ1) is 14.4. The van der Waals surface area contributed by atoms with Crippen LogP contribution >= 0.6 is 0 Å². The van der Waals surface area contributed by atoms with Gasteiger partial charge < -0.3 is 9.88 Å². The van der Waals surface area contributed by atoms with Crippen molar-refractivity contribution in [3.8, 4) is 0 Å². The van der Waals surface area contributed by atoms with Gasteiger partial charge in [0.15, 0.2) is 9.84 Å². The first kappa shape index (κ1) is 21.5. The van der Waals surface area contributed by atoms with Crippen molar-refractivity contribution in [2.24, 2.45) is 7.05 Å². The summed E-state index contributed by atoms with van der Waals surface area (Å²) in [7, 11) is -1.84. The molecule has 1 heterocycles. The second kappa shape index (κ2) is 9.54. The summed E-state index contributed by atoms with van der Waals surface area (Å²) in [6, 6.07) is 17.7. The van der Waals surface area contributed by atoms with E-state index in [1.54, 1.807) is 61.3 Å². The molecule has 1 aromatic heterocycles. The fourth-order valence-electron chi connectivity index (χ4n) is 3.18. The molecule has 0 saturated carbocycles. The van der Waals surface area contributed by atoms with Gasteiger partial charge in [0.05, 0.1) is 16.9 Å². The number of nitrogens with one attached hydrogen (secondary N) is 1. The number of carbonyl (C=O) groups excluding carboxylic acids is 1. The Labute approximate surface area is 177 Å². The highest BCUT2D eigenvalue weighted by Crippen LogP contribution is 2.14. The molecule has 0 aliphatic rings. The van der Waals surface area contributed by atoms with E-state index in [0.717, 1.165) is 5.56 Å². The molecule has 1 atom stereocenters. The number of carbonyl (C=O) groups is 1. The Bertz CT molecular complexity index is 1100. The molecule has 3 rings (SSSR count). The Morgan fingerprint density at radius 3 is 2.33 bits per heavy atom. The van der Waals surface area contributed by atoms with Gasteiger partial charge in [0.2, 0.25) is 0 Å². The number of benzene rings is 2. The zero-order valence-corrected chi connectivity index (χ0v) is 17.8. The average Bonchev–Trinajstić information content (AvgIpc) is 3.09. The maximum absolute atomic E-state index is 12.8. The number of nitrogens with zero attached hydrogens (tertiary/aromatic N) is 2. The van der Waals surface area contributed by atoms with Gasteiger partial charge >= 0.3 is 0 Å².